The van der Waals surface area contributed by atoms with Gasteiger partial charge in [0.25, 0.3) is 10.0 Å². The van der Waals surface area contributed by atoms with E-state index in [4.69, 9.17) is 11.6 Å². The zero-order valence-corrected chi connectivity index (χ0v) is 22.1. The number of nitrogens with one attached hydrogen (secondary N) is 1. The van der Waals surface area contributed by atoms with Crippen LogP contribution in [0, 0.1) is 0 Å². The molecule has 0 bridgehead atoms. The second-order valence-corrected chi connectivity index (χ2v) is 10.5. The van der Waals surface area contributed by atoms with Crippen LogP contribution in [0.15, 0.2) is 83.8 Å². The Kier molecular flexibility index (Phi) is 9.12. The molecule has 0 aliphatic heterocycles. The molecular formula is C27H30ClN3O4S. The molecule has 0 fully saturated rings. The highest BCUT2D eigenvalue weighted by Crippen LogP contribution is 2.28. The van der Waals surface area contributed by atoms with Gasteiger partial charge in [0.2, 0.25) is 11.8 Å². The molecule has 2 amide bonds. The highest BCUT2D eigenvalue weighted by Gasteiger charge is 2.33. The number of nitrogens with zero attached hydrogens (tertiary/aromatic N) is 2. The molecule has 0 heterocycles. The number of halogens is 1. The molecule has 1 N–H and O–H groups in total. The summed E-state index contributed by atoms with van der Waals surface area (Å²) in [6.45, 7) is 3.14. The number of amides is 2. The number of carbonyl (C=O) groups excluding carboxylic acids is 2. The summed E-state index contributed by atoms with van der Waals surface area (Å²) < 4.78 is 28.7. The molecule has 0 aromatic heterocycles. The van der Waals surface area contributed by atoms with E-state index in [0.29, 0.717) is 17.1 Å². The molecule has 0 radical (unpaired) electrons. The molecule has 1 atom stereocenters. The van der Waals surface area contributed by atoms with Crippen LogP contribution >= 0.6 is 11.6 Å². The highest BCUT2D eigenvalue weighted by molar-refractivity contribution is 7.92. The zero-order valence-electron chi connectivity index (χ0n) is 20.5. The summed E-state index contributed by atoms with van der Waals surface area (Å²) in [6.07, 6.45) is 0.575. The molecule has 0 spiro atoms. The van der Waals surface area contributed by atoms with Crippen LogP contribution in [-0.4, -0.2) is 44.8 Å². The van der Waals surface area contributed by atoms with Gasteiger partial charge in [-0.25, -0.2) is 8.42 Å². The first-order valence-electron chi connectivity index (χ1n) is 11.6. The van der Waals surface area contributed by atoms with Gasteiger partial charge < -0.3 is 10.2 Å². The topological polar surface area (TPSA) is 86.8 Å². The van der Waals surface area contributed by atoms with Gasteiger partial charge in [-0.3, -0.25) is 13.9 Å². The maximum Gasteiger partial charge on any atom is 0.264 e. The number of hydrogen-bond donors (Lipinski definition) is 1. The van der Waals surface area contributed by atoms with Crippen LogP contribution < -0.4 is 9.62 Å². The Hall–Kier alpha value is -3.36. The lowest BCUT2D eigenvalue weighted by molar-refractivity contribution is -0.139. The van der Waals surface area contributed by atoms with Crippen molar-refractivity contribution in [2.24, 2.45) is 0 Å². The Morgan fingerprint density at radius 1 is 0.972 bits per heavy atom. The van der Waals surface area contributed by atoms with Gasteiger partial charge in [-0.05, 0) is 54.8 Å². The lowest BCUT2D eigenvalue weighted by Gasteiger charge is -2.32. The molecule has 3 aromatic rings. The number of benzene rings is 3. The van der Waals surface area contributed by atoms with Crippen LogP contribution in [0.25, 0.3) is 0 Å². The Labute approximate surface area is 217 Å². The van der Waals surface area contributed by atoms with E-state index in [1.165, 1.54) is 24.1 Å². The van der Waals surface area contributed by atoms with Crippen molar-refractivity contribution in [3.8, 4) is 0 Å². The van der Waals surface area contributed by atoms with Crippen molar-refractivity contribution < 1.29 is 18.0 Å². The monoisotopic (exact) mass is 527 g/mol. The number of aryl methyl sites for hydroxylation is 1. The summed E-state index contributed by atoms with van der Waals surface area (Å²) in [4.78, 5) is 27.7. The molecule has 3 aromatic carbocycles. The van der Waals surface area contributed by atoms with Crippen molar-refractivity contribution in [1.29, 1.82) is 0 Å². The van der Waals surface area contributed by atoms with Crippen molar-refractivity contribution in [1.82, 2.24) is 10.2 Å². The van der Waals surface area contributed by atoms with E-state index in [9.17, 15) is 18.0 Å². The minimum Gasteiger partial charge on any atom is -0.357 e. The Bertz CT molecular complexity index is 1320. The van der Waals surface area contributed by atoms with Crippen molar-refractivity contribution in [3.05, 3.63) is 95.0 Å². The predicted octanol–water partition coefficient (Wildman–Crippen LogP) is 4.26. The first kappa shape index (κ1) is 27.2. The lowest BCUT2D eigenvalue weighted by atomic mass is 10.1. The van der Waals surface area contributed by atoms with Crippen molar-refractivity contribution in [2.75, 3.05) is 17.9 Å². The van der Waals surface area contributed by atoms with Crippen LogP contribution in [0.5, 0.6) is 0 Å². The van der Waals surface area contributed by atoms with Crippen LogP contribution in [0.2, 0.25) is 5.02 Å². The predicted molar refractivity (Wildman–Crippen MR) is 142 cm³/mol. The van der Waals surface area contributed by atoms with Crippen LogP contribution in [0.3, 0.4) is 0 Å². The van der Waals surface area contributed by atoms with E-state index >= 15 is 0 Å². The molecule has 0 saturated heterocycles. The normalized spacial score (nSPS) is 12.0. The Morgan fingerprint density at radius 2 is 1.64 bits per heavy atom. The average molecular weight is 528 g/mol. The third-order valence-corrected chi connectivity index (χ3v) is 7.92. The van der Waals surface area contributed by atoms with Crippen molar-refractivity contribution in [2.45, 2.75) is 37.8 Å². The maximum atomic E-state index is 13.8. The molecule has 3 rings (SSSR count). The summed E-state index contributed by atoms with van der Waals surface area (Å²) in [5, 5.41) is 3.06. The van der Waals surface area contributed by atoms with Gasteiger partial charge in [-0.15, -0.1) is 0 Å². The summed E-state index contributed by atoms with van der Waals surface area (Å²) in [7, 11) is -2.59. The van der Waals surface area contributed by atoms with E-state index < -0.39 is 28.5 Å². The molecule has 36 heavy (non-hydrogen) atoms. The van der Waals surface area contributed by atoms with Gasteiger partial charge in [0.15, 0.2) is 0 Å². The van der Waals surface area contributed by atoms with Gasteiger partial charge in [0, 0.05) is 18.6 Å². The number of hydrogen-bond acceptors (Lipinski definition) is 4. The average Bonchev–Trinajstić information content (AvgIpc) is 2.89. The van der Waals surface area contributed by atoms with Gasteiger partial charge in [0.05, 0.1) is 10.6 Å². The molecule has 9 heteroatoms. The number of para-hydroxylation sites is 1. The fraction of sp³-hybridized carbons (Fsp3) is 0.259. The van der Waals surface area contributed by atoms with Crippen molar-refractivity contribution in [3.63, 3.8) is 0 Å². The minimum atomic E-state index is -4.08. The second kappa shape index (κ2) is 12.1. The zero-order chi connectivity index (χ0) is 26.3. The standard InChI is InChI=1S/C27H30ClN3O4S/c1-4-22-12-8-9-16-25(22)31(36(34,35)24-14-6-5-7-15-24)19-26(32)30(20(2)27(33)29-3)18-21-11-10-13-23(28)17-21/h5-17,20H,4,18-19H2,1-3H3,(H,29,33)/t20-/m1/s1. The molecule has 0 aliphatic carbocycles. The Balaban J connectivity index is 2.06. The summed E-state index contributed by atoms with van der Waals surface area (Å²) in [5.74, 6) is -0.881. The molecular weight excluding hydrogens is 498 g/mol. The van der Waals surface area contributed by atoms with E-state index in [2.05, 4.69) is 5.32 Å². The molecule has 0 aliphatic rings. The number of likely N-dealkylation sites (N-methyl/N-ethyl adjacent to an activating group) is 1. The molecule has 7 nitrogen and oxygen atoms in total. The highest BCUT2D eigenvalue weighted by atomic mass is 35.5. The van der Waals surface area contributed by atoms with Crippen LogP contribution in [0.4, 0.5) is 5.69 Å². The first-order chi connectivity index (χ1) is 17.2. The van der Waals surface area contributed by atoms with Gasteiger partial charge in [-0.1, -0.05) is 67.1 Å². The summed E-state index contributed by atoms with van der Waals surface area (Å²) >= 11 is 6.13. The SMILES string of the molecule is CCc1ccccc1N(CC(=O)N(Cc1cccc(Cl)c1)[C@H](C)C(=O)NC)S(=O)(=O)c1ccccc1. The van der Waals surface area contributed by atoms with Gasteiger partial charge in [0.1, 0.15) is 12.6 Å². The van der Waals surface area contributed by atoms with Crippen LogP contribution in [0.1, 0.15) is 25.0 Å². The lowest BCUT2D eigenvalue weighted by Crippen LogP contribution is -2.50. The van der Waals surface area contributed by atoms with Crippen molar-refractivity contribution >= 4 is 39.1 Å². The number of carbonyl (C=O) groups is 2. The van der Waals surface area contributed by atoms with Gasteiger partial charge in [-0.2, -0.15) is 0 Å². The van der Waals surface area contributed by atoms with E-state index in [0.717, 1.165) is 15.4 Å². The Morgan fingerprint density at radius 3 is 2.28 bits per heavy atom. The fourth-order valence-corrected chi connectivity index (χ4v) is 5.60. The molecule has 0 unspecified atom stereocenters. The number of anilines is 1. The van der Waals surface area contributed by atoms with E-state index in [-0.39, 0.29) is 17.3 Å². The molecule has 0 saturated carbocycles. The smallest absolute Gasteiger partial charge is 0.264 e. The third-order valence-electron chi connectivity index (χ3n) is 5.91. The quantitative estimate of drug-likeness (QED) is 0.427. The number of rotatable bonds is 10. The maximum absolute atomic E-state index is 13.8. The molecule has 190 valence electrons. The third kappa shape index (κ3) is 6.25. The second-order valence-electron chi connectivity index (χ2n) is 8.25. The summed E-state index contributed by atoms with van der Waals surface area (Å²) in [5.41, 5.74) is 1.93. The minimum absolute atomic E-state index is 0.0736. The van der Waals surface area contributed by atoms with E-state index in [1.807, 2.05) is 19.1 Å². The van der Waals surface area contributed by atoms with E-state index in [1.54, 1.807) is 61.5 Å². The fourth-order valence-electron chi connectivity index (χ4n) is 3.91. The van der Waals surface area contributed by atoms with Crippen LogP contribution in [-0.2, 0) is 32.6 Å². The number of sulfonamides is 1. The van der Waals surface area contributed by atoms with Gasteiger partial charge >= 0.3 is 0 Å². The summed E-state index contributed by atoms with van der Waals surface area (Å²) in [6, 6.07) is 21.2. The largest absolute Gasteiger partial charge is 0.357 e. The first-order valence-corrected chi connectivity index (χ1v) is 13.4.